The van der Waals surface area contributed by atoms with E-state index in [0.29, 0.717) is 6.92 Å². The zero-order chi connectivity index (χ0) is 20.1. The van der Waals surface area contributed by atoms with Gasteiger partial charge in [0, 0.05) is 25.9 Å². The van der Waals surface area contributed by atoms with Crippen molar-refractivity contribution in [2.24, 2.45) is 0 Å². The average molecular weight is 396 g/mol. The molecule has 12 heteroatoms. The zero-order valence-electron chi connectivity index (χ0n) is 13.5. The fourth-order valence-corrected chi connectivity index (χ4v) is 3.20. The third-order valence-corrected chi connectivity index (χ3v) is 4.67. The van der Waals surface area contributed by atoms with Crippen molar-refractivity contribution in [3.05, 3.63) is 11.6 Å². The lowest BCUT2D eigenvalue weighted by Gasteiger charge is -2.49. The Hall–Kier alpha value is -1.43. The van der Waals surface area contributed by atoms with Crippen LogP contribution in [0.15, 0.2) is 11.6 Å². The van der Waals surface area contributed by atoms with Crippen LogP contribution in [-0.4, -0.2) is 63.9 Å². The smallest absolute Gasteiger partial charge is 0.414 e. The van der Waals surface area contributed by atoms with Crippen LogP contribution in [0.1, 0.15) is 26.2 Å². The Labute approximate surface area is 143 Å². The number of hydrogen-bond donors (Lipinski definition) is 1. The number of likely N-dealkylation sites (tertiary alicyclic amines) is 1. The van der Waals surface area contributed by atoms with Crippen molar-refractivity contribution in [1.82, 2.24) is 10.0 Å². The Kier molecular flexibility index (Phi) is 5.08. The maximum Gasteiger partial charge on any atom is 0.414 e. The molecule has 1 saturated heterocycles. The van der Waals surface area contributed by atoms with Gasteiger partial charge in [-0.2, -0.15) is 13.2 Å². The standard InChI is InChI=1S/C14H16F8N2O2/c1-8-9(13(18,19)20)7-12(17,10(25)26)14(21,24(8)22)23-5-2-3-11(15,16)4-6-23/h7-8H,2-6H2,1H3,(H,25,26). The van der Waals surface area contributed by atoms with E-state index in [-0.39, 0.29) is 4.90 Å². The van der Waals surface area contributed by atoms with Gasteiger partial charge in [-0.25, -0.2) is 22.4 Å². The highest BCUT2D eigenvalue weighted by Gasteiger charge is 2.71. The Morgan fingerprint density at radius 2 is 1.77 bits per heavy atom. The van der Waals surface area contributed by atoms with E-state index in [1.54, 1.807) is 0 Å². The van der Waals surface area contributed by atoms with E-state index in [4.69, 9.17) is 5.11 Å². The molecule has 4 nitrogen and oxygen atoms in total. The van der Waals surface area contributed by atoms with Crippen molar-refractivity contribution in [3.8, 4) is 0 Å². The molecule has 3 atom stereocenters. The molecule has 2 heterocycles. The van der Waals surface area contributed by atoms with Gasteiger partial charge in [0.2, 0.25) is 5.92 Å². The summed E-state index contributed by atoms with van der Waals surface area (Å²) in [6.45, 7) is -1.03. The molecule has 0 amide bonds. The van der Waals surface area contributed by atoms with Crippen LogP contribution < -0.4 is 0 Å². The molecule has 0 bridgehead atoms. The number of aliphatic carboxylic acids is 1. The largest absolute Gasteiger partial charge is 0.478 e. The van der Waals surface area contributed by atoms with Crippen molar-refractivity contribution >= 4 is 5.97 Å². The summed E-state index contributed by atoms with van der Waals surface area (Å²) in [4.78, 5) is 11.5. The van der Waals surface area contributed by atoms with Gasteiger partial charge in [-0.3, -0.25) is 4.90 Å². The molecule has 0 aromatic carbocycles. The second-order valence-electron chi connectivity index (χ2n) is 6.39. The first-order valence-corrected chi connectivity index (χ1v) is 7.66. The minimum absolute atomic E-state index is 0.183. The highest BCUT2D eigenvalue weighted by atomic mass is 19.4. The first-order valence-electron chi connectivity index (χ1n) is 7.66. The summed E-state index contributed by atoms with van der Waals surface area (Å²) in [5.41, 5.74) is -6.38. The van der Waals surface area contributed by atoms with Gasteiger partial charge >= 0.3 is 12.1 Å². The Morgan fingerprint density at radius 3 is 2.27 bits per heavy atom. The summed E-state index contributed by atoms with van der Waals surface area (Å²) in [5, 5.41) is 7.84. The highest BCUT2D eigenvalue weighted by Crippen LogP contribution is 2.49. The van der Waals surface area contributed by atoms with Crippen LogP contribution in [0, 0.1) is 0 Å². The number of halogens is 8. The second-order valence-corrected chi connectivity index (χ2v) is 6.39. The SMILES string of the molecule is CC1C(C(F)(F)F)=CC(F)(C(=O)O)C(F)(N2CCCC(F)(F)CC2)N1F. The third-order valence-electron chi connectivity index (χ3n) is 4.67. The molecule has 1 fully saturated rings. The minimum Gasteiger partial charge on any atom is -0.478 e. The Balaban J connectivity index is 2.58. The lowest BCUT2D eigenvalue weighted by atomic mass is 9.87. The summed E-state index contributed by atoms with van der Waals surface area (Å²) in [6.07, 6.45) is -8.00. The molecule has 26 heavy (non-hydrogen) atoms. The first-order chi connectivity index (χ1) is 11.7. The predicted molar refractivity (Wildman–Crippen MR) is 72.2 cm³/mol. The lowest BCUT2D eigenvalue weighted by Crippen LogP contribution is -2.73. The van der Waals surface area contributed by atoms with E-state index in [1.165, 1.54) is 0 Å². The molecule has 0 aliphatic carbocycles. The van der Waals surface area contributed by atoms with Gasteiger partial charge in [-0.15, -0.1) is 4.48 Å². The van der Waals surface area contributed by atoms with Crippen LogP contribution in [0.5, 0.6) is 0 Å². The molecule has 0 aromatic rings. The van der Waals surface area contributed by atoms with E-state index < -0.39 is 84.8 Å². The topological polar surface area (TPSA) is 43.8 Å². The molecule has 1 N–H and O–H groups in total. The van der Waals surface area contributed by atoms with Crippen LogP contribution in [0.4, 0.5) is 35.2 Å². The van der Waals surface area contributed by atoms with Crippen molar-refractivity contribution in [3.63, 3.8) is 0 Å². The summed E-state index contributed by atoms with van der Waals surface area (Å²) < 4.78 is 111. The predicted octanol–water partition coefficient (Wildman–Crippen LogP) is 3.60. The monoisotopic (exact) mass is 396 g/mol. The number of carboxylic acid groups (broad SMARTS) is 1. The van der Waals surface area contributed by atoms with Gasteiger partial charge in [-0.1, -0.05) is 5.12 Å². The minimum atomic E-state index is -5.32. The lowest BCUT2D eigenvalue weighted by molar-refractivity contribution is -0.307. The number of nitrogens with zero attached hydrogens (tertiary/aromatic N) is 2. The number of carbonyl (C=O) groups is 1. The quantitative estimate of drug-likeness (QED) is 0.335. The summed E-state index contributed by atoms with van der Waals surface area (Å²) in [6, 6.07) is -2.38. The van der Waals surface area contributed by atoms with Crippen molar-refractivity contribution in [2.75, 3.05) is 13.1 Å². The van der Waals surface area contributed by atoms with Crippen LogP contribution in [0.2, 0.25) is 0 Å². The van der Waals surface area contributed by atoms with Crippen LogP contribution in [-0.2, 0) is 4.79 Å². The molecule has 3 unspecified atom stereocenters. The van der Waals surface area contributed by atoms with Crippen molar-refractivity contribution < 1.29 is 45.1 Å². The highest BCUT2D eigenvalue weighted by molar-refractivity contribution is 5.82. The molecule has 0 spiro atoms. The number of rotatable bonds is 2. The summed E-state index contributed by atoms with van der Waals surface area (Å²) in [7, 11) is 0. The second kappa shape index (κ2) is 6.32. The van der Waals surface area contributed by atoms with Gasteiger partial charge in [0.1, 0.15) is 0 Å². The van der Waals surface area contributed by atoms with E-state index in [2.05, 4.69) is 0 Å². The van der Waals surface area contributed by atoms with Gasteiger partial charge in [0.25, 0.3) is 11.6 Å². The van der Waals surface area contributed by atoms with E-state index >= 15 is 4.39 Å². The van der Waals surface area contributed by atoms with Crippen LogP contribution >= 0.6 is 0 Å². The van der Waals surface area contributed by atoms with Crippen molar-refractivity contribution in [2.45, 2.75) is 55.9 Å². The van der Waals surface area contributed by atoms with E-state index in [1.807, 2.05) is 0 Å². The molecule has 0 aromatic heterocycles. The fourth-order valence-electron chi connectivity index (χ4n) is 3.20. The van der Waals surface area contributed by atoms with E-state index in [0.717, 1.165) is 0 Å². The van der Waals surface area contributed by atoms with Gasteiger partial charge in [0.15, 0.2) is 0 Å². The van der Waals surface area contributed by atoms with Crippen molar-refractivity contribution in [1.29, 1.82) is 0 Å². The molecule has 0 saturated carbocycles. The third kappa shape index (κ3) is 3.17. The zero-order valence-corrected chi connectivity index (χ0v) is 13.5. The maximum absolute atomic E-state index is 15.5. The van der Waals surface area contributed by atoms with Gasteiger partial charge < -0.3 is 5.11 Å². The molecule has 2 aliphatic rings. The Bertz CT molecular complexity index is 610. The number of carboxylic acids is 1. The first kappa shape index (κ1) is 20.9. The Morgan fingerprint density at radius 1 is 1.19 bits per heavy atom. The van der Waals surface area contributed by atoms with E-state index in [9.17, 15) is 35.6 Å². The average Bonchev–Trinajstić information content (AvgIpc) is 2.68. The van der Waals surface area contributed by atoms with Gasteiger partial charge in [0.05, 0.1) is 11.6 Å². The normalized spacial score (nSPS) is 37.1. The molecule has 2 rings (SSSR count). The number of alkyl halides is 7. The van der Waals surface area contributed by atoms with Gasteiger partial charge in [-0.05, 0) is 19.4 Å². The van der Waals surface area contributed by atoms with Crippen LogP contribution in [0.25, 0.3) is 0 Å². The summed E-state index contributed by atoms with van der Waals surface area (Å²) >= 11 is 0. The fraction of sp³-hybridized carbons (Fsp3) is 0.786. The summed E-state index contributed by atoms with van der Waals surface area (Å²) in [5.74, 6) is -10.2. The molecular weight excluding hydrogens is 380 g/mol. The molecule has 2 aliphatic heterocycles. The number of hydrogen-bond acceptors (Lipinski definition) is 3. The molecule has 150 valence electrons. The van der Waals surface area contributed by atoms with Crippen LogP contribution in [0.3, 0.4) is 0 Å². The molecule has 0 radical (unpaired) electrons. The maximum atomic E-state index is 15.5. The molecular formula is C14H16F8N2O2.